The van der Waals surface area contributed by atoms with Gasteiger partial charge in [0.25, 0.3) is 5.91 Å². The molecule has 0 aliphatic carbocycles. The highest BCUT2D eigenvalue weighted by molar-refractivity contribution is 6.04. The van der Waals surface area contributed by atoms with E-state index >= 15 is 0 Å². The molecule has 0 saturated carbocycles. The number of amides is 2. The molecule has 0 aliphatic rings. The summed E-state index contributed by atoms with van der Waals surface area (Å²) in [4.78, 5) is 23.9. The number of nitrogens with two attached hydrogens (primary N) is 1. The van der Waals surface area contributed by atoms with Crippen LogP contribution in [0.5, 0.6) is 0 Å². The van der Waals surface area contributed by atoms with Crippen LogP contribution in [0.2, 0.25) is 0 Å². The molecule has 7 heteroatoms. The van der Waals surface area contributed by atoms with Crippen molar-refractivity contribution in [1.82, 2.24) is 0 Å². The van der Waals surface area contributed by atoms with E-state index in [-0.39, 0.29) is 24.2 Å². The van der Waals surface area contributed by atoms with Gasteiger partial charge in [0, 0.05) is 17.8 Å². The highest BCUT2D eigenvalue weighted by Gasteiger charge is 2.08. The van der Waals surface area contributed by atoms with Gasteiger partial charge >= 0.3 is 0 Å². The second kappa shape index (κ2) is 11.3. The number of hydrogen-bond acceptors (Lipinski definition) is 4. The van der Waals surface area contributed by atoms with Crippen LogP contribution in [0.1, 0.15) is 42.5 Å². The van der Waals surface area contributed by atoms with Crippen LogP contribution in [-0.4, -0.2) is 18.4 Å². The quantitative estimate of drug-likeness (QED) is 0.588. The topological polar surface area (TPSA) is 97.4 Å². The van der Waals surface area contributed by atoms with E-state index in [9.17, 15) is 9.59 Å². The minimum Gasteiger partial charge on any atom is -0.472 e. The number of nitrogens with one attached hydrogen (secondary N) is 2. The first-order valence-electron chi connectivity index (χ1n) is 8.12. The largest absolute Gasteiger partial charge is 0.472 e. The number of hydrogen-bond donors (Lipinski definition) is 3. The van der Waals surface area contributed by atoms with Crippen LogP contribution in [0.25, 0.3) is 0 Å². The molecule has 136 valence electrons. The zero-order valence-electron chi connectivity index (χ0n) is 14.0. The van der Waals surface area contributed by atoms with Crippen molar-refractivity contribution in [1.29, 1.82) is 0 Å². The normalized spacial score (nSPS) is 9.96. The Labute approximate surface area is 153 Å². The predicted octanol–water partition coefficient (Wildman–Crippen LogP) is 3.80. The van der Waals surface area contributed by atoms with Crippen LogP contribution in [0.3, 0.4) is 0 Å². The average molecular weight is 366 g/mol. The fourth-order valence-electron chi connectivity index (χ4n) is 2.28. The van der Waals surface area contributed by atoms with E-state index in [0.29, 0.717) is 29.9 Å². The standard InChI is InChI=1S/C18H23N3O3.ClH/c19-10-4-2-1-3-8-17(22)20-15-6-5-7-16(12-15)21-18(23)14-9-11-24-13-14;/h5-7,9,11-13H,1-4,8,10,19H2,(H,20,22)(H,21,23);1H. The molecule has 0 fully saturated rings. The Hall–Kier alpha value is -2.31. The number of benzene rings is 1. The molecule has 2 aromatic rings. The number of unbranched alkanes of at least 4 members (excludes halogenated alkanes) is 3. The van der Waals surface area contributed by atoms with Gasteiger partial charge in [-0.2, -0.15) is 0 Å². The Kier molecular flexibility index (Phi) is 9.36. The number of halogens is 1. The first-order valence-corrected chi connectivity index (χ1v) is 8.12. The van der Waals surface area contributed by atoms with E-state index in [1.54, 1.807) is 30.3 Å². The van der Waals surface area contributed by atoms with Gasteiger partial charge in [0.15, 0.2) is 0 Å². The maximum atomic E-state index is 12.0. The van der Waals surface area contributed by atoms with Crippen LogP contribution in [-0.2, 0) is 4.79 Å². The summed E-state index contributed by atoms with van der Waals surface area (Å²) in [6, 6.07) is 8.65. The van der Waals surface area contributed by atoms with Gasteiger partial charge in [-0.25, -0.2) is 0 Å². The molecular weight excluding hydrogens is 342 g/mol. The summed E-state index contributed by atoms with van der Waals surface area (Å²) in [5.41, 5.74) is 7.16. The van der Waals surface area contributed by atoms with E-state index in [2.05, 4.69) is 10.6 Å². The third-order valence-corrected chi connectivity index (χ3v) is 3.55. The van der Waals surface area contributed by atoms with Gasteiger partial charge in [-0.05, 0) is 43.7 Å². The lowest BCUT2D eigenvalue weighted by atomic mass is 10.1. The maximum absolute atomic E-state index is 12.0. The minimum atomic E-state index is -0.257. The smallest absolute Gasteiger partial charge is 0.258 e. The number of carbonyl (C=O) groups is 2. The molecule has 0 spiro atoms. The highest BCUT2D eigenvalue weighted by atomic mass is 35.5. The summed E-state index contributed by atoms with van der Waals surface area (Å²) in [7, 11) is 0. The lowest BCUT2D eigenvalue weighted by Gasteiger charge is -2.08. The summed E-state index contributed by atoms with van der Waals surface area (Å²) < 4.78 is 4.89. The molecule has 4 N–H and O–H groups in total. The van der Waals surface area contributed by atoms with Gasteiger partial charge in [0.05, 0.1) is 11.8 Å². The maximum Gasteiger partial charge on any atom is 0.258 e. The fraction of sp³-hybridized carbons (Fsp3) is 0.333. The van der Waals surface area contributed by atoms with Gasteiger partial charge < -0.3 is 20.8 Å². The summed E-state index contributed by atoms with van der Waals surface area (Å²) >= 11 is 0. The number of furan rings is 1. The van der Waals surface area contributed by atoms with Gasteiger partial charge in [-0.3, -0.25) is 9.59 Å². The zero-order valence-corrected chi connectivity index (χ0v) is 14.8. The SMILES string of the molecule is Cl.NCCCCCCC(=O)Nc1cccc(NC(=O)c2ccoc2)c1. The van der Waals surface area contributed by atoms with Crippen LogP contribution in [0, 0.1) is 0 Å². The van der Waals surface area contributed by atoms with Gasteiger partial charge in [-0.1, -0.05) is 18.9 Å². The Morgan fingerprint density at radius 1 is 1.00 bits per heavy atom. The number of anilines is 2. The van der Waals surface area contributed by atoms with E-state index in [1.165, 1.54) is 12.5 Å². The minimum absolute atomic E-state index is 0. The molecular formula is C18H24ClN3O3. The molecule has 1 heterocycles. The molecule has 0 unspecified atom stereocenters. The van der Waals surface area contributed by atoms with Crippen LogP contribution >= 0.6 is 12.4 Å². The average Bonchev–Trinajstić information content (AvgIpc) is 3.09. The molecule has 0 radical (unpaired) electrons. The van der Waals surface area contributed by atoms with E-state index in [0.717, 1.165) is 25.7 Å². The van der Waals surface area contributed by atoms with E-state index < -0.39 is 0 Å². The van der Waals surface area contributed by atoms with Crippen molar-refractivity contribution < 1.29 is 14.0 Å². The third-order valence-electron chi connectivity index (χ3n) is 3.55. The number of carbonyl (C=O) groups excluding carboxylic acids is 2. The molecule has 1 aromatic carbocycles. The zero-order chi connectivity index (χ0) is 17.2. The van der Waals surface area contributed by atoms with Crippen molar-refractivity contribution >= 4 is 35.6 Å². The summed E-state index contributed by atoms with van der Waals surface area (Å²) in [5.74, 6) is -0.284. The van der Waals surface area contributed by atoms with Gasteiger partial charge in [0.2, 0.25) is 5.91 Å². The summed E-state index contributed by atoms with van der Waals surface area (Å²) in [5, 5.41) is 5.61. The van der Waals surface area contributed by atoms with Crippen LogP contribution in [0.15, 0.2) is 47.3 Å². The Bertz CT molecular complexity index is 659. The molecule has 0 saturated heterocycles. The lowest BCUT2D eigenvalue weighted by molar-refractivity contribution is -0.116. The molecule has 2 amide bonds. The van der Waals surface area contributed by atoms with Crippen LogP contribution < -0.4 is 16.4 Å². The molecule has 6 nitrogen and oxygen atoms in total. The monoisotopic (exact) mass is 365 g/mol. The Morgan fingerprint density at radius 2 is 1.72 bits per heavy atom. The summed E-state index contributed by atoms with van der Waals surface area (Å²) in [6.07, 6.45) is 7.22. The number of rotatable bonds is 9. The fourth-order valence-corrected chi connectivity index (χ4v) is 2.28. The van der Waals surface area contributed by atoms with Gasteiger partial charge in [-0.15, -0.1) is 12.4 Å². The second-order valence-corrected chi connectivity index (χ2v) is 5.55. The first kappa shape index (κ1) is 20.7. The van der Waals surface area contributed by atoms with Crippen molar-refractivity contribution in [3.8, 4) is 0 Å². The van der Waals surface area contributed by atoms with Crippen molar-refractivity contribution in [2.45, 2.75) is 32.1 Å². The Morgan fingerprint density at radius 3 is 2.40 bits per heavy atom. The van der Waals surface area contributed by atoms with Crippen molar-refractivity contribution in [3.05, 3.63) is 48.4 Å². The van der Waals surface area contributed by atoms with Crippen molar-refractivity contribution in [2.75, 3.05) is 17.2 Å². The first-order chi connectivity index (χ1) is 11.7. The molecule has 2 rings (SSSR count). The third kappa shape index (κ3) is 7.41. The lowest BCUT2D eigenvalue weighted by Crippen LogP contribution is -2.13. The molecule has 25 heavy (non-hydrogen) atoms. The summed E-state index contributed by atoms with van der Waals surface area (Å²) in [6.45, 7) is 0.698. The van der Waals surface area contributed by atoms with Crippen molar-refractivity contribution in [2.24, 2.45) is 5.73 Å². The molecule has 0 aliphatic heterocycles. The van der Waals surface area contributed by atoms with E-state index in [1.807, 2.05) is 0 Å². The second-order valence-electron chi connectivity index (χ2n) is 5.55. The molecule has 0 atom stereocenters. The Balaban J connectivity index is 0.00000312. The molecule has 0 bridgehead atoms. The molecule has 1 aromatic heterocycles. The van der Waals surface area contributed by atoms with E-state index in [4.69, 9.17) is 10.2 Å². The van der Waals surface area contributed by atoms with Crippen molar-refractivity contribution in [3.63, 3.8) is 0 Å². The predicted molar refractivity (Wildman–Crippen MR) is 101 cm³/mol. The highest BCUT2D eigenvalue weighted by Crippen LogP contribution is 2.17. The van der Waals surface area contributed by atoms with Crippen LogP contribution in [0.4, 0.5) is 11.4 Å². The van der Waals surface area contributed by atoms with Gasteiger partial charge in [0.1, 0.15) is 6.26 Å².